The minimum absolute atomic E-state index is 0.636. The topological polar surface area (TPSA) is 28.2 Å². The number of anilines is 1. The van der Waals surface area contributed by atoms with E-state index in [2.05, 4.69) is 34.5 Å². The molecule has 2 rings (SSSR count). The number of hydrogen-bond donors (Lipinski definition) is 1. The van der Waals surface area contributed by atoms with Crippen molar-refractivity contribution in [2.75, 3.05) is 25.0 Å². The highest BCUT2D eigenvalue weighted by atomic mass is 15.1. The molecule has 1 N–H and O–H groups in total. The summed E-state index contributed by atoms with van der Waals surface area (Å²) in [7, 11) is 2.13. The van der Waals surface area contributed by atoms with Gasteiger partial charge in [0.1, 0.15) is 6.20 Å². The molecule has 0 aromatic carbocycles. The molecule has 0 atom stereocenters. The second kappa shape index (κ2) is 4.42. The predicted molar refractivity (Wildman–Crippen MR) is 57.4 cm³/mol. The van der Waals surface area contributed by atoms with Crippen molar-refractivity contribution in [2.24, 2.45) is 0 Å². The second-order valence-electron chi connectivity index (χ2n) is 3.73. The molecule has 0 aliphatic carbocycles. The third kappa shape index (κ3) is 2.04. The molecular weight excluding hydrogens is 174 g/mol. The van der Waals surface area contributed by atoms with Crippen molar-refractivity contribution in [3.63, 3.8) is 0 Å². The van der Waals surface area contributed by atoms with Crippen LogP contribution in [0.15, 0.2) is 18.3 Å². The summed E-state index contributed by atoms with van der Waals surface area (Å²) in [6.45, 7) is 2.24. The van der Waals surface area contributed by atoms with Crippen LogP contribution in [0.1, 0.15) is 12.8 Å². The molecule has 3 nitrogen and oxygen atoms in total. The fraction of sp³-hybridized carbons (Fsp3) is 0.545. The van der Waals surface area contributed by atoms with Gasteiger partial charge in [-0.2, -0.15) is 0 Å². The maximum absolute atomic E-state index is 4.02. The fourth-order valence-electron chi connectivity index (χ4n) is 1.90. The summed E-state index contributed by atoms with van der Waals surface area (Å²) in [5.74, 6) is 0. The molecule has 2 heterocycles. The Hall–Kier alpha value is -1.09. The maximum Gasteiger partial charge on any atom is 0.114 e. The normalized spacial score (nSPS) is 18.1. The zero-order valence-corrected chi connectivity index (χ0v) is 8.53. The molecule has 0 amide bonds. The minimum Gasteiger partial charge on any atom is -0.370 e. The van der Waals surface area contributed by atoms with E-state index in [4.69, 9.17) is 0 Å². The quantitative estimate of drug-likeness (QED) is 0.756. The smallest absolute Gasteiger partial charge is 0.114 e. The van der Waals surface area contributed by atoms with Gasteiger partial charge in [-0.15, -0.1) is 0 Å². The van der Waals surface area contributed by atoms with Crippen LogP contribution >= 0.6 is 0 Å². The standard InChI is InChI=1S/C11H16N3/c1-14(10-4-7-12-8-5-10)11-3-2-6-13-9-11/h2-3,6,10,12H,4-5,7-8H2,1H3. The van der Waals surface area contributed by atoms with Crippen molar-refractivity contribution < 1.29 is 0 Å². The molecule has 1 aromatic rings. The number of rotatable bonds is 2. The highest BCUT2D eigenvalue weighted by Gasteiger charge is 2.17. The van der Waals surface area contributed by atoms with Crippen LogP contribution in [-0.2, 0) is 0 Å². The van der Waals surface area contributed by atoms with Gasteiger partial charge in [-0.1, -0.05) is 0 Å². The number of pyridine rings is 1. The summed E-state index contributed by atoms with van der Waals surface area (Å²) in [4.78, 5) is 6.30. The third-order valence-electron chi connectivity index (χ3n) is 2.83. The monoisotopic (exact) mass is 190 g/mol. The third-order valence-corrected chi connectivity index (χ3v) is 2.83. The van der Waals surface area contributed by atoms with E-state index in [-0.39, 0.29) is 0 Å². The van der Waals surface area contributed by atoms with E-state index in [1.165, 1.54) is 12.8 Å². The molecule has 0 bridgehead atoms. The molecule has 1 aromatic heterocycles. The van der Waals surface area contributed by atoms with E-state index in [0.717, 1.165) is 18.8 Å². The Kier molecular flexibility index (Phi) is 2.99. The molecule has 1 radical (unpaired) electrons. The van der Waals surface area contributed by atoms with Gasteiger partial charge in [0.2, 0.25) is 0 Å². The van der Waals surface area contributed by atoms with Crippen molar-refractivity contribution in [2.45, 2.75) is 18.9 Å². The molecule has 1 aliphatic heterocycles. The summed E-state index contributed by atoms with van der Waals surface area (Å²) in [6, 6.07) is 4.66. The van der Waals surface area contributed by atoms with E-state index in [0.29, 0.717) is 6.04 Å². The van der Waals surface area contributed by atoms with E-state index in [1.807, 2.05) is 6.07 Å². The highest BCUT2D eigenvalue weighted by molar-refractivity contribution is 5.42. The lowest BCUT2D eigenvalue weighted by Gasteiger charge is -2.32. The second-order valence-corrected chi connectivity index (χ2v) is 3.73. The van der Waals surface area contributed by atoms with Gasteiger partial charge < -0.3 is 10.2 Å². The Labute approximate surface area is 85.1 Å². The van der Waals surface area contributed by atoms with Gasteiger partial charge in [0.05, 0.1) is 5.69 Å². The van der Waals surface area contributed by atoms with Crippen LogP contribution in [0.5, 0.6) is 0 Å². The zero-order chi connectivity index (χ0) is 9.80. The Morgan fingerprint density at radius 1 is 1.50 bits per heavy atom. The van der Waals surface area contributed by atoms with Crippen LogP contribution in [-0.4, -0.2) is 31.2 Å². The molecule has 1 saturated heterocycles. The first-order valence-corrected chi connectivity index (χ1v) is 5.14. The van der Waals surface area contributed by atoms with E-state index in [9.17, 15) is 0 Å². The number of nitrogens with one attached hydrogen (secondary N) is 1. The summed E-state index contributed by atoms with van der Waals surface area (Å²) in [6.07, 6.45) is 7.20. The van der Waals surface area contributed by atoms with Crippen molar-refractivity contribution in [3.05, 3.63) is 24.5 Å². The van der Waals surface area contributed by atoms with Crippen LogP contribution in [0.2, 0.25) is 0 Å². The van der Waals surface area contributed by atoms with Gasteiger partial charge in [0.15, 0.2) is 0 Å². The number of nitrogens with zero attached hydrogens (tertiary/aromatic N) is 2. The van der Waals surface area contributed by atoms with Gasteiger partial charge in [-0.25, -0.2) is 0 Å². The van der Waals surface area contributed by atoms with Gasteiger partial charge in [-0.3, -0.25) is 4.98 Å². The molecule has 0 spiro atoms. The molecule has 0 unspecified atom stereocenters. The Morgan fingerprint density at radius 2 is 2.29 bits per heavy atom. The van der Waals surface area contributed by atoms with Gasteiger partial charge in [0.25, 0.3) is 0 Å². The van der Waals surface area contributed by atoms with Gasteiger partial charge in [-0.05, 0) is 38.1 Å². The zero-order valence-electron chi connectivity index (χ0n) is 8.53. The average Bonchev–Trinajstić information content (AvgIpc) is 2.30. The first-order chi connectivity index (χ1) is 6.88. The lowest BCUT2D eigenvalue weighted by Crippen LogP contribution is -2.41. The van der Waals surface area contributed by atoms with Crippen LogP contribution in [0, 0.1) is 6.20 Å². The van der Waals surface area contributed by atoms with E-state index in [1.54, 1.807) is 6.20 Å². The number of piperidine rings is 1. The molecule has 3 heteroatoms. The van der Waals surface area contributed by atoms with E-state index < -0.39 is 0 Å². The first kappa shape index (κ1) is 9.46. The average molecular weight is 190 g/mol. The Bertz CT molecular complexity index is 267. The van der Waals surface area contributed by atoms with Crippen LogP contribution in [0.3, 0.4) is 0 Å². The molecular formula is C11H16N3. The molecule has 0 saturated carbocycles. The van der Waals surface area contributed by atoms with Crippen LogP contribution in [0.25, 0.3) is 0 Å². The summed E-state index contributed by atoms with van der Waals surface area (Å²) >= 11 is 0. The molecule has 14 heavy (non-hydrogen) atoms. The van der Waals surface area contributed by atoms with Crippen LogP contribution in [0.4, 0.5) is 5.69 Å². The highest BCUT2D eigenvalue weighted by Crippen LogP contribution is 2.17. The molecule has 75 valence electrons. The van der Waals surface area contributed by atoms with Crippen molar-refractivity contribution in [3.8, 4) is 0 Å². The SMILES string of the molecule is CN(c1[c]nccc1)C1CCNCC1. The predicted octanol–water partition coefficient (Wildman–Crippen LogP) is 1.07. The summed E-state index contributed by atoms with van der Waals surface area (Å²) < 4.78 is 0. The summed E-state index contributed by atoms with van der Waals surface area (Å²) in [5.41, 5.74) is 1.10. The molecule has 1 aliphatic rings. The number of aromatic nitrogens is 1. The summed E-state index contributed by atoms with van der Waals surface area (Å²) in [5, 5.41) is 3.37. The van der Waals surface area contributed by atoms with Crippen molar-refractivity contribution in [1.82, 2.24) is 10.3 Å². The minimum atomic E-state index is 0.636. The Morgan fingerprint density at radius 3 is 2.93 bits per heavy atom. The molecule has 1 fully saturated rings. The Balaban J connectivity index is 2.03. The van der Waals surface area contributed by atoms with Gasteiger partial charge >= 0.3 is 0 Å². The largest absolute Gasteiger partial charge is 0.370 e. The lowest BCUT2D eigenvalue weighted by atomic mass is 10.1. The van der Waals surface area contributed by atoms with Crippen molar-refractivity contribution in [1.29, 1.82) is 0 Å². The van der Waals surface area contributed by atoms with Crippen molar-refractivity contribution >= 4 is 5.69 Å². The lowest BCUT2D eigenvalue weighted by molar-refractivity contribution is 0.443. The van der Waals surface area contributed by atoms with Crippen LogP contribution < -0.4 is 10.2 Å². The first-order valence-electron chi connectivity index (χ1n) is 5.14. The number of hydrogen-bond acceptors (Lipinski definition) is 3. The van der Waals surface area contributed by atoms with E-state index >= 15 is 0 Å². The van der Waals surface area contributed by atoms with Gasteiger partial charge in [0, 0.05) is 19.3 Å². The maximum atomic E-state index is 4.02. The fourth-order valence-corrected chi connectivity index (χ4v) is 1.90.